The molecular weight excluding hydrogens is 402 g/mol. The van der Waals surface area contributed by atoms with E-state index < -0.39 is 0 Å². The minimum atomic E-state index is -0.128. The van der Waals surface area contributed by atoms with E-state index in [1.807, 2.05) is 12.1 Å². The van der Waals surface area contributed by atoms with Gasteiger partial charge < -0.3 is 0 Å². The molecule has 84 valence electrons. The van der Waals surface area contributed by atoms with Crippen molar-refractivity contribution in [2.24, 2.45) is 0 Å². The number of benzene rings is 1. The van der Waals surface area contributed by atoms with Gasteiger partial charge in [0.2, 0.25) is 0 Å². The van der Waals surface area contributed by atoms with E-state index in [0.29, 0.717) is 6.42 Å². The molecule has 0 saturated carbocycles. The summed E-state index contributed by atoms with van der Waals surface area (Å²) in [6.45, 7) is 0. The van der Waals surface area contributed by atoms with E-state index in [1.165, 1.54) is 14.5 Å². The topological polar surface area (TPSA) is 0 Å². The maximum Gasteiger partial charge on any atom is 0.126 e. The van der Waals surface area contributed by atoms with Gasteiger partial charge in [0.15, 0.2) is 0 Å². The molecule has 0 aliphatic carbocycles. The monoisotopic (exact) mass is 410 g/mol. The molecule has 2 rings (SSSR count). The predicted octanol–water partition coefficient (Wildman–Crippen LogP) is 5.17. The van der Waals surface area contributed by atoms with Crippen LogP contribution in [0.2, 0.25) is 0 Å². The van der Waals surface area contributed by atoms with Gasteiger partial charge in [-0.3, -0.25) is 0 Å². The number of hydrogen-bond donors (Lipinski definition) is 0. The lowest BCUT2D eigenvalue weighted by molar-refractivity contribution is 0.608. The second-order valence-electron chi connectivity index (χ2n) is 3.45. The van der Waals surface area contributed by atoms with E-state index in [2.05, 4.69) is 50.0 Å². The third kappa shape index (κ3) is 3.05. The molecule has 0 nitrogen and oxygen atoms in total. The van der Waals surface area contributed by atoms with E-state index in [0.717, 1.165) is 5.56 Å². The van der Waals surface area contributed by atoms with Crippen LogP contribution in [0.5, 0.6) is 0 Å². The van der Waals surface area contributed by atoms with Crippen molar-refractivity contribution in [3.63, 3.8) is 0 Å². The number of thiophene rings is 1. The van der Waals surface area contributed by atoms with E-state index in [1.54, 1.807) is 17.4 Å². The molecule has 0 bridgehead atoms. The SMILES string of the molecule is Fc1ccccc1CC(Br)c1csc(I)c1. The van der Waals surface area contributed by atoms with Crippen molar-refractivity contribution in [1.29, 1.82) is 0 Å². The van der Waals surface area contributed by atoms with E-state index in [9.17, 15) is 4.39 Å². The number of halogens is 3. The molecule has 0 radical (unpaired) electrons. The fourth-order valence-electron chi connectivity index (χ4n) is 1.46. The van der Waals surface area contributed by atoms with Crippen LogP contribution in [0, 0.1) is 8.70 Å². The largest absolute Gasteiger partial charge is 0.207 e. The Morgan fingerprint density at radius 1 is 1.38 bits per heavy atom. The summed E-state index contributed by atoms with van der Waals surface area (Å²) in [5.74, 6) is -0.128. The van der Waals surface area contributed by atoms with Gasteiger partial charge in [0.25, 0.3) is 0 Å². The van der Waals surface area contributed by atoms with Gasteiger partial charge in [-0.05, 0) is 57.7 Å². The zero-order valence-corrected chi connectivity index (χ0v) is 12.9. The summed E-state index contributed by atoms with van der Waals surface area (Å²) >= 11 is 7.61. The Morgan fingerprint density at radius 2 is 2.12 bits per heavy atom. The van der Waals surface area contributed by atoms with Crippen LogP contribution in [0.1, 0.15) is 16.0 Å². The molecule has 1 atom stereocenters. The van der Waals surface area contributed by atoms with Gasteiger partial charge in [0, 0.05) is 4.83 Å². The first-order valence-corrected chi connectivity index (χ1v) is 7.65. The normalized spacial score (nSPS) is 12.7. The second-order valence-corrected chi connectivity index (χ2v) is 7.36. The average molecular weight is 411 g/mol. The Bertz CT molecular complexity index is 483. The Labute approximate surface area is 120 Å². The fourth-order valence-corrected chi connectivity index (χ4v) is 3.68. The first-order valence-electron chi connectivity index (χ1n) is 4.78. The molecule has 0 amide bonds. The van der Waals surface area contributed by atoms with Crippen molar-refractivity contribution in [1.82, 2.24) is 0 Å². The van der Waals surface area contributed by atoms with Crippen molar-refractivity contribution >= 4 is 49.9 Å². The van der Waals surface area contributed by atoms with Crippen LogP contribution in [-0.2, 0) is 6.42 Å². The number of rotatable bonds is 3. The van der Waals surface area contributed by atoms with Gasteiger partial charge in [-0.2, -0.15) is 0 Å². The Kier molecular flexibility index (Phi) is 4.38. The second kappa shape index (κ2) is 5.60. The summed E-state index contributed by atoms with van der Waals surface area (Å²) in [6.07, 6.45) is 0.680. The zero-order chi connectivity index (χ0) is 11.5. The molecule has 2 aromatic rings. The molecule has 1 aromatic carbocycles. The van der Waals surface area contributed by atoms with Crippen molar-refractivity contribution in [2.45, 2.75) is 11.2 Å². The maximum atomic E-state index is 13.5. The molecule has 0 saturated heterocycles. The Morgan fingerprint density at radius 3 is 2.75 bits per heavy atom. The van der Waals surface area contributed by atoms with Crippen molar-refractivity contribution in [3.05, 3.63) is 55.5 Å². The van der Waals surface area contributed by atoms with Crippen LogP contribution in [-0.4, -0.2) is 0 Å². The lowest BCUT2D eigenvalue weighted by Crippen LogP contribution is -1.96. The van der Waals surface area contributed by atoms with Gasteiger partial charge in [-0.25, -0.2) is 4.39 Å². The van der Waals surface area contributed by atoms with Gasteiger partial charge in [-0.1, -0.05) is 34.1 Å². The fraction of sp³-hybridized carbons (Fsp3) is 0.167. The highest BCUT2D eigenvalue weighted by molar-refractivity contribution is 14.1. The average Bonchev–Trinajstić information content (AvgIpc) is 2.68. The summed E-state index contributed by atoms with van der Waals surface area (Å²) in [4.78, 5) is 0.184. The van der Waals surface area contributed by atoms with Crippen LogP contribution in [0.25, 0.3) is 0 Å². The Balaban J connectivity index is 2.13. The highest BCUT2D eigenvalue weighted by Crippen LogP contribution is 2.31. The standard InChI is InChI=1S/C12H9BrFIS/c13-10(9-6-12(15)16-7-9)5-8-3-1-2-4-11(8)14/h1-4,6-7,10H,5H2. The summed E-state index contributed by atoms with van der Waals surface area (Å²) < 4.78 is 14.7. The minimum absolute atomic E-state index is 0.128. The van der Waals surface area contributed by atoms with Crippen LogP contribution in [0.15, 0.2) is 35.7 Å². The van der Waals surface area contributed by atoms with Crippen LogP contribution in [0.4, 0.5) is 4.39 Å². The molecule has 0 aliphatic heterocycles. The molecule has 0 fully saturated rings. The predicted molar refractivity (Wildman–Crippen MR) is 78.8 cm³/mol. The van der Waals surface area contributed by atoms with Gasteiger partial charge in [-0.15, -0.1) is 11.3 Å². The highest BCUT2D eigenvalue weighted by Gasteiger charge is 2.12. The zero-order valence-electron chi connectivity index (χ0n) is 8.29. The molecule has 1 aromatic heterocycles. The van der Waals surface area contributed by atoms with Crippen molar-refractivity contribution < 1.29 is 4.39 Å². The minimum Gasteiger partial charge on any atom is -0.207 e. The first kappa shape index (κ1) is 12.5. The van der Waals surface area contributed by atoms with Crippen LogP contribution in [0.3, 0.4) is 0 Å². The number of hydrogen-bond acceptors (Lipinski definition) is 1. The van der Waals surface area contributed by atoms with Crippen LogP contribution < -0.4 is 0 Å². The van der Waals surface area contributed by atoms with E-state index in [-0.39, 0.29) is 10.6 Å². The molecule has 0 aliphatic rings. The van der Waals surface area contributed by atoms with Gasteiger partial charge >= 0.3 is 0 Å². The quantitative estimate of drug-likeness (QED) is 0.483. The molecule has 1 unspecified atom stereocenters. The molecule has 4 heteroatoms. The van der Waals surface area contributed by atoms with E-state index in [4.69, 9.17) is 0 Å². The lowest BCUT2D eigenvalue weighted by atomic mass is 10.1. The lowest BCUT2D eigenvalue weighted by Gasteiger charge is -2.08. The van der Waals surface area contributed by atoms with Gasteiger partial charge in [0.05, 0.1) is 2.88 Å². The third-order valence-electron chi connectivity index (χ3n) is 2.31. The molecule has 16 heavy (non-hydrogen) atoms. The molecule has 0 spiro atoms. The van der Waals surface area contributed by atoms with Crippen LogP contribution >= 0.6 is 49.9 Å². The molecule has 1 heterocycles. The van der Waals surface area contributed by atoms with E-state index >= 15 is 0 Å². The summed E-state index contributed by atoms with van der Waals surface area (Å²) in [6, 6.07) is 9.06. The van der Waals surface area contributed by atoms with Gasteiger partial charge in [0.1, 0.15) is 5.82 Å². The highest BCUT2D eigenvalue weighted by atomic mass is 127. The summed E-state index contributed by atoms with van der Waals surface area (Å²) in [5.41, 5.74) is 1.98. The summed E-state index contributed by atoms with van der Waals surface area (Å²) in [5, 5.41) is 2.11. The third-order valence-corrected chi connectivity index (χ3v) is 4.97. The first-order chi connectivity index (χ1) is 7.66. The summed E-state index contributed by atoms with van der Waals surface area (Å²) in [7, 11) is 0. The number of alkyl halides is 1. The van der Waals surface area contributed by atoms with Crippen molar-refractivity contribution in [2.75, 3.05) is 0 Å². The molecular formula is C12H9BrFIS. The Hall–Kier alpha value is 0.0600. The van der Waals surface area contributed by atoms with Crippen molar-refractivity contribution in [3.8, 4) is 0 Å². The smallest absolute Gasteiger partial charge is 0.126 e. The maximum absolute atomic E-state index is 13.5. The molecule has 0 N–H and O–H groups in total.